The Morgan fingerprint density at radius 1 is 1.00 bits per heavy atom. The maximum Gasteiger partial charge on any atom is 0.0246 e. The molecule has 1 saturated carbocycles. The highest BCUT2D eigenvalue weighted by molar-refractivity contribution is 4.93. The quantitative estimate of drug-likeness (QED) is 0.755. The van der Waals surface area contributed by atoms with E-state index in [0.29, 0.717) is 0 Å². The zero-order chi connectivity index (χ0) is 13.9. The van der Waals surface area contributed by atoms with Crippen LogP contribution >= 0.6 is 0 Å². The predicted octanol–water partition coefficient (Wildman–Crippen LogP) is 3.76. The smallest absolute Gasteiger partial charge is 0.0246 e. The fourth-order valence-corrected chi connectivity index (χ4v) is 4.88. The molecule has 2 aliphatic heterocycles. The second kappa shape index (κ2) is 6.79. The summed E-state index contributed by atoms with van der Waals surface area (Å²) in [7, 11) is 0. The molecular formula is C18H34N2. The van der Waals surface area contributed by atoms with E-state index in [1.807, 2.05) is 0 Å². The molecule has 2 heterocycles. The molecule has 3 fully saturated rings. The molecular weight excluding hydrogens is 244 g/mol. The topological polar surface area (TPSA) is 6.48 Å². The van der Waals surface area contributed by atoms with Gasteiger partial charge in [0, 0.05) is 25.2 Å². The monoisotopic (exact) mass is 278 g/mol. The lowest BCUT2D eigenvalue weighted by molar-refractivity contribution is 0.0277. The van der Waals surface area contributed by atoms with Crippen LogP contribution in [0.4, 0.5) is 0 Å². The van der Waals surface area contributed by atoms with E-state index in [4.69, 9.17) is 0 Å². The van der Waals surface area contributed by atoms with Crippen molar-refractivity contribution in [1.29, 1.82) is 0 Å². The molecule has 0 amide bonds. The van der Waals surface area contributed by atoms with E-state index in [2.05, 4.69) is 23.6 Å². The average molecular weight is 278 g/mol. The lowest BCUT2D eigenvalue weighted by Gasteiger charge is -2.45. The number of nitrogens with zero attached hydrogens (tertiary/aromatic N) is 2. The molecule has 116 valence electrons. The van der Waals surface area contributed by atoms with Crippen LogP contribution in [0.1, 0.15) is 65.2 Å². The highest BCUT2D eigenvalue weighted by Gasteiger charge is 2.37. The van der Waals surface area contributed by atoms with E-state index >= 15 is 0 Å². The molecule has 0 radical (unpaired) electrons. The lowest BCUT2D eigenvalue weighted by atomic mass is 9.96. The average Bonchev–Trinajstić information content (AvgIpc) is 3.07. The third-order valence-electron chi connectivity index (χ3n) is 6.14. The van der Waals surface area contributed by atoms with Crippen LogP contribution in [0.15, 0.2) is 0 Å². The van der Waals surface area contributed by atoms with Gasteiger partial charge in [0.1, 0.15) is 0 Å². The Balaban J connectivity index is 1.49. The summed E-state index contributed by atoms with van der Waals surface area (Å²) < 4.78 is 0. The van der Waals surface area contributed by atoms with Crippen LogP contribution in [-0.2, 0) is 0 Å². The molecule has 2 nitrogen and oxygen atoms in total. The van der Waals surface area contributed by atoms with E-state index in [-0.39, 0.29) is 0 Å². The number of hydrogen-bond acceptors (Lipinski definition) is 2. The van der Waals surface area contributed by atoms with E-state index in [1.54, 1.807) is 0 Å². The summed E-state index contributed by atoms with van der Waals surface area (Å²) in [4.78, 5) is 5.63. The van der Waals surface area contributed by atoms with Crippen molar-refractivity contribution in [2.75, 3.05) is 26.2 Å². The molecule has 20 heavy (non-hydrogen) atoms. The van der Waals surface area contributed by atoms with Crippen LogP contribution in [0.5, 0.6) is 0 Å². The van der Waals surface area contributed by atoms with Gasteiger partial charge in [0.25, 0.3) is 0 Å². The molecule has 2 heteroatoms. The van der Waals surface area contributed by atoms with E-state index in [9.17, 15) is 0 Å². The van der Waals surface area contributed by atoms with E-state index in [1.165, 1.54) is 77.5 Å². The first-order valence-corrected chi connectivity index (χ1v) is 9.22. The van der Waals surface area contributed by atoms with Crippen molar-refractivity contribution in [3.63, 3.8) is 0 Å². The molecule has 0 aromatic carbocycles. The Hall–Kier alpha value is -0.0800. The summed E-state index contributed by atoms with van der Waals surface area (Å²) in [5.74, 6) is 1.88. The van der Waals surface area contributed by atoms with Crippen molar-refractivity contribution in [1.82, 2.24) is 9.80 Å². The van der Waals surface area contributed by atoms with Crippen molar-refractivity contribution in [2.24, 2.45) is 11.8 Å². The van der Waals surface area contributed by atoms with Crippen molar-refractivity contribution in [2.45, 2.75) is 77.3 Å². The summed E-state index contributed by atoms with van der Waals surface area (Å²) in [5.41, 5.74) is 0. The first kappa shape index (κ1) is 14.8. The van der Waals surface area contributed by atoms with Gasteiger partial charge in [-0.2, -0.15) is 0 Å². The Morgan fingerprint density at radius 2 is 1.80 bits per heavy atom. The molecule has 1 aliphatic carbocycles. The second-order valence-corrected chi connectivity index (χ2v) is 7.89. The van der Waals surface area contributed by atoms with Gasteiger partial charge < -0.3 is 0 Å². The zero-order valence-electron chi connectivity index (χ0n) is 13.7. The first-order chi connectivity index (χ1) is 9.74. The Bertz CT molecular complexity index is 296. The van der Waals surface area contributed by atoms with Crippen molar-refractivity contribution in [3.8, 4) is 0 Å². The lowest BCUT2D eigenvalue weighted by Crippen LogP contribution is -2.57. The SMILES string of the molecule is CC(C)C1CN2CCCC2CN1CCCC1CCCC1. The summed E-state index contributed by atoms with van der Waals surface area (Å²) in [6.07, 6.45) is 11.9. The first-order valence-electron chi connectivity index (χ1n) is 9.22. The van der Waals surface area contributed by atoms with E-state index < -0.39 is 0 Å². The Kier molecular flexibility index (Phi) is 5.04. The summed E-state index contributed by atoms with van der Waals surface area (Å²) in [5, 5.41) is 0. The molecule has 2 atom stereocenters. The molecule has 0 aromatic heterocycles. The van der Waals surface area contributed by atoms with Gasteiger partial charge in [-0.1, -0.05) is 39.5 Å². The van der Waals surface area contributed by atoms with Gasteiger partial charge in [-0.3, -0.25) is 9.80 Å². The number of hydrogen-bond donors (Lipinski definition) is 0. The van der Waals surface area contributed by atoms with Gasteiger partial charge in [0.05, 0.1) is 0 Å². The van der Waals surface area contributed by atoms with E-state index in [0.717, 1.165) is 23.9 Å². The minimum absolute atomic E-state index is 0.808. The molecule has 2 unspecified atom stereocenters. The summed E-state index contributed by atoms with van der Waals surface area (Å²) in [6, 6.07) is 1.70. The molecule has 3 aliphatic rings. The minimum Gasteiger partial charge on any atom is -0.298 e. The van der Waals surface area contributed by atoms with Gasteiger partial charge in [-0.25, -0.2) is 0 Å². The van der Waals surface area contributed by atoms with Gasteiger partial charge in [-0.05, 0) is 50.6 Å². The standard InChI is InChI=1S/C18H34N2/c1-15(2)18-14-19-11-6-10-17(19)13-20(18)12-5-9-16-7-3-4-8-16/h15-18H,3-14H2,1-2H3. The third kappa shape index (κ3) is 3.39. The maximum atomic E-state index is 2.85. The maximum absolute atomic E-state index is 2.85. The molecule has 3 rings (SSSR count). The van der Waals surface area contributed by atoms with Crippen LogP contribution in [0.2, 0.25) is 0 Å². The zero-order valence-corrected chi connectivity index (χ0v) is 13.7. The van der Waals surface area contributed by atoms with Crippen molar-refractivity contribution in [3.05, 3.63) is 0 Å². The Labute approximate surface area is 125 Å². The second-order valence-electron chi connectivity index (χ2n) is 7.89. The molecule has 0 spiro atoms. The number of fused-ring (bicyclic) bond motifs is 1. The minimum atomic E-state index is 0.808. The summed E-state index contributed by atoms with van der Waals surface area (Å²) in [6.45, 7) is 10.3. The molecule has 0 N–H and O–H groups in total. The highest BCUT2D eigenvalue weighted by atomic mass is 15.3. The van der Waals surface area contributed by atoms with Crippen molar-refractivity contribution < 1.29 is 0 Å². The van der Waals surface area contributed by atoms with Crippen LogP contribution in [0.3, 0.4) is 0 Å². The fraction of sp³-hybridized carbons (Fsp3) is 1.00. The highest BCUT2D eigenvalue weighted by Crippen LogP contribution is 2.30. The van der Waals surface area contributed by atoms with Gasteiger partial charge in [0.15, 0.2) is 0 Å². The third-order valence-corrected chi connectivity index (χ3v) is 6.14. The molecule has 0 bridgehead atoms. The van der Waals surface area contributed by atoms with Gasteiger partial charge in [-0.15, -0.1) is 0 Å². The number of rotatable bonds is 5. The van der Waals surface area contributed by atoms with Crippen LogP contribution in [0.25, 0.3) is 0 Å². The normalized spacial score (nSPS) is 33.1. The Morgan fingerprint density at radius 3 is 2.55 bits per heavy atom. The van der Waals surface area contributed by atoms with Crippen molar-refractivity contribution >= 4 is 0 Å². The van der Waals surface area contributed by atoms with Crippen LogP contribution < -0.4 is 0 Å². The van der Waals surface area contributed by atoms with Crippen LogP contribution in [0, 0.1) is 11.8 Å². The van der Waals surface area contributed by atoms with Crippen LogP contribution in [-0.4, -0.2) is 48.1 Å². The largest absolute Gasteiger partial charge is 0.298 e. The molecule has 2 saturated heterocycles. The fourth-order valence-electron chi connectivity index (χ4n) is 4.88. The summed E-state index contributed by atoms with van der Waals surface area (Å²) >= 11 is 0. The molecule has 0 aromatic rings. The van der Waals surface area contributed by atoms with Gasteiger partial charge >= 0.3 is 0 Å². The number of piperazine rings is 1. The predicted molar refractivity (Wildman–Crippen MR) is 86.0 cm³/mol. The van der Waals surface area contributed by atoms with Gasteiger partial charge in [0.2, 0.25) is 0 Å².